The molecule has 0 fully saturated rings. The molecule has 1 atom stereocenters. The Balaban J connectivity index is 1.80. The Morgan fingerprint density at radius 1 is 1.10 bits per heavy atom. The van der Waals surface area contributed by atoms with E-state index in [1.807, 2.05) is 25.1 Å². The number of hydrogen-bond acceptors (Lipinski definition) is 2. The molecule has 3 rings (SSSR count). The van der Waals surface area contributed by atoms with Gasteiger partial charge in [-0.2, -0.15) is 0 Å². The topological polar surface area (TPSA) is 21.6 Å². The highest BCUT2D eigenvalue weighted by molar-refractivity contribution is 5.81. The highest BCUT2D eigenvalue weighted by Gasteiger charge is 2.17. The number of aliphatic imine (C=N–C) groups is 1. The molecule has 1 heterocycles. The molecule has 1 aliphatic rings. The van der Waals surface area contributed by atoms with Crippen molar-refractivity contribution in [2.45, 2.75) is 25.8 Å². The number of ether oxygens (including phenoxy) is 1. The lowest BCUT2D eigenvalue weighted by atomic mass is 10.1. The van der Waals surface area contributed by atoms with Crippen LogP contribution in [0.15, 0.2) is 53.5 Å². The van der Waals surface area contributed by atoms with Gasteiger partial charge in [0.15, 0.2) is 5.90 Å². The maximum Gasteiger partial charge on any atom is 0.191 e. The van der Waals surface area contributed by atoms with Crippen molar-refractivity contribution >= 4 is 5.90 Å². The Labute approximate surface area is 117 Å². The summed E-state index contributed by atoms with van der Waals surface area (Å²) in [7, 11) is 0. The third kappa shape index (κ3) is 2.72. The number of rotatable bonds is 2. The molecule has 0 saturated carbocycles. The van der Waals surface area contributed by atoms with E-state index in [1.165, 1.54) is 12.1 Å². The second-order valence-corrected chi connectivity index (χ2v) is 4.96. The number of halogens is 1. The van der Waals surface area contributed by atoms with E-state index in [4.69, 9.17) is 4.74 Å². The Morgan fingerprint density at radius 3 is 2.70 bits per heavy atom. The van der Waals surface area contributed by atoms with Crippen LogP contribution in [0.4, 0.5) is 4.39 Å². The van der Waals surface area contributed by atoms with Gasteiger partial charge in [0.25, 0.3) is 0 Å². The van der Waals surface area contributed by atoms with Crippen molar-refractivity contribution in [1.29, 1.82) is 0 Å². The zero-order valence-electron chi connectivity index (χ0n) is 11.3. The zero-order valence-corrected chi connectivity index (χ0v) is 11.3. The first kappa shape index (κ1) is 12.9. The number of nitrogens with zero attached hydrogens (tertiary/aromatic N) is 1. The summed E-state index contributed by atoms with van der Waals surface area (Å²) in [4.78, 5) is 4.63. The number of benzene rings is 2. The first-order valence-corrected chi connectivity index (χ1v) is 6.80. The molecule has 1 aliphatic heterocycles. The van der Waals surface area contributed by atoms with Crippen molar-refractivity contribution in [3.05, 3.63) is 65.5 Å². The average Bonchev–Trinajstić information content (AvgIpc) is 2.48. The molecule has 0 N–H and O–H groups in total. The minimum absolute atomic E-state index is 0.0631. The molecule has 0 spiro atoms. The van der Waals surface area contributed by atoms with E-state index in [0.717, 1.165) is 29.2 Å². The van der Waals surface area contributed by atoms with Gasteiger partial charge in [0.05, 0.1) is 6.04 Å². The molecule has 2 aromatic carbocycles. The zero-order chi connectivity index (χ0) is 13.9. The van der Waals surface area contributed by atoms with Gasteiger partial charge in [0, 0.05) is 6.42 Å². The van der Waals surface area contributed by atoms with Crippen molar-refractivity contribution in [3.8, 4) is 5.75 Å². The molecule has 3 heteroatoms. The summed E-state index contributed by atoms with van der Waals surface area (Å²) in [5, 5.41) is 0. The SMILES string of the molecule is C[C@H](/N=C1\CCc2cc(F)ccc2O1)c1ccccc1. The molecular weight excluding hydrogens is 253 g/mol. The fourth-order valence-corrected chi connectivity index (χ4v) is 2.38. The third-order valence-corrected chi connectivity index (χ3v) is 3.48. The van der Waals surface area contributed by atoms with E-state index in [-0.39, 0.29) is 11.9 Å². The molecule has 0 amide bonds. The van der Waals surface area contributed by atoms with E-state index >= 15 is 0 Å². The summed E-state index contributed by atoms with van der Waals surface area (Å²) in [5.41, 5.74) is 2.07. The van der Waals surface area contributed by atoms with Gasteiger partial charge in [0.2, 0.25) is 0 Å². The summed E-state index contributed by atoms with van der Waals surface area (Å²) in [6.07, 6.45) is 1.49. The van der Waals surface area contributed by atoms with Crippen molar-refractivity contribution < 1.29 is 9.13 Å². The number of aryl methyl sites for hydroxylation is 1. The molecule has 2 nitrogen and oxygen atoms in total. The molecule has 20 heavy (non-hydrogen) atoms. The summed E-state index contributed by atoms with van der Waals surface area (Å²) < 4.78 is 18.9. The van der Waals surface area contributed by atoms with Crippen LogP contribution in [0, 0.1) is 5.82 Å². The summed E-state index contributed by atoms with van der Waals surface area (Å²) >= 11 is 0. The van der Waals surface area contributed by atoms with Crippen molar-refractivity contribution in [2.75, 3.05) is 0 Å². The van der Waals surface area contributed by atoms with Gasteiger partial charge < -0.3 is 4.74 Å². The molecule has 0 unspecified atom stereocenters. The maximum absolute atomic E-state index is 13.1. The van der Waals surface area contributed by atoms with Crippen molar-refractivity contribution in [1.82, 2.24) is 0 Å². The molecule has 0 radical (unpaired) electrons. The van der Waals surface area contributed by atoms with Crippen LogP contribution in [0.5, 0.6) is 5.75 Å². The Bertz CT molecular complexity index is 637. The second kappa shape index (κ2) is 5.45. The van der Waals surface area contributed by atoms with Crippen molar-refractivity contribution in [2.24, 2.45) is 4.99 Å². The first-order valence-electron chi connectivity index (χ1n) is 6.80. The van der Waals surface area contributed by atoms with Gasteiger partial charge in [-0.25, -0.2) is 9.38 Å². The number of fused-ring (bicyclic) bond motifs is 1. The Kier molecular flexibility index (Phi) is 3.50. The molecule has 2 aromatic rings. The third-order valence-electron chi connectivity index (χ3n) is 3.48. The van der Waals surface area contributed by atoms with Crippen LogP contribution in [-0.4, -0.2) is 5.90 Å². The lowest BCUT2D eigenvalue weighted by molar-refractivity contribution is 0.490. The standard InChI is InChI=1S/C17H16FNO/c1-12(13-5-3-2-4-6-13)19-17-10-7-14-11-15(18)8-9-16(14)20-17/h2-6,8-9,11-12H,7,10H2,1H3/b19-17+/t12-/m0/s1. The molecule has 0 aliphatic carbocycles. The van der Waals surface area contributed by atoms with Crippen LogP contribution in [0.1, 0.15) is 30.5 Å². The normalized spacial score (nSPS) is 17.4. The Hall–Kier alpha value is -2.16. The first-order chi connectivity index (χ1) is 9.72. The van der Waals surface area contributed by atoms with Crippen LogP contribution in [0.2, 0.25) is 0 Å². The van der Waals surface area contributed by atoms with E-state index in [1.54, 1.807) is 6.07 Å². The minimum Gasteiger partial charge on any atom is -0.443 e. The van der Waals surface area contributed by atoms with Gasteiger partial charge in [-0.1, -0.05) is 30.3 Å². The van der Waals surface area contributed by atoms with Gasteiger partial charge in [-0.05, 0) is 42.7 Å². The monoisotopic (exact) mass is 269 g/mol. The summed E-state index contributed by atoms with van der Waals surface area (Å²) in [6.45, 7) is 2.05. The molecular formula is C17H16FNO. The van der Waals surface area contributed by atoms with E-state index < -0.39 is 0 Å². The maximum atomic E-state index is 13.1. The Morgan fingerprint density at radius 2 is 1.90 bits per heavy atom. The fourth-order valence-electron chi connectivity index (χ4n) is 2.38. The van der Waals surface area contributed by atoms with Crippen LogP contribution in [0.25, 0.3) is 0 Å². The molecule has 0 aromatic heterocycles. The average molecular weight is 269 g/mol. The minimum atomic E-state index is -0.217. The van der Waals surface area contributed by atoms with Crippen molar-refractivity contribution in [3.63, 3.8) is 0 Å². The largest absolute Gasteiger partial charge is 0.443 e. The van der Waals surface area contributed by atoms with Crippen LogP contribution >= 0.6 is 0 Å². The quantitative estimate of drug-likeness (QED) is 0.796. The summed E-state index contributed by atoms with van der Waals surface area (Å²) in [5.74, 6) is 1.22. The van der Waals surface area contributed by atoms with Crippen LogP contribution in [0.3, 0.4) is 0 Å². The fraction of sp³-hybridized carbons (Fsp3) is 0.235. The predicted molar refractivity (Wildman–Crippen MR) is 77.6 cm³/mol. The molecule has 0 bridgehead atoms. The van der Waals surface area contributed by atoms with E-state index in [2.05, 4.69) is 17.1 Å². The predicted octanol–water partition coefficient (Wildman–Crippen LogP) is 4.31. The van der Waals surface area contributed by atoms with Crippen LogP contribution in [-0.2, 0) is 6.42 Å². The lowest BCUT2D eigenvalue weighted by Gasteiger charge is -2.19. The molecule has 0 saturated heterocycles. The summed E-state index contributed by atoms with van der Waals surface area (Å²) in [6, 6.07) is 14.8. The molecule has 102 valence electrons. The van der Waals surface area contributed by atoms with Gasteiger partial charge in [-0.3, -0.25) is 0 Å². The lowest BCUT2D eigenvalue weighted by Crippen LogP contribution is -2.17. The van der Waals surface area contributed by atoms with Gasteiger partial charge in [0.1, 0.15) is 11.6 Å². The van der Waals surface area contributed by atoms with E-state index in [9.17, 15) is 4.39 Å². The number of hydrogen-bond donors (Lipinski definition) is 0. The highest BCUT2D eigenvalue weighted by atomic mass is 19.1. The second-order valence-electron chi connectivity index (χ2n) is 4.96. The van der Waals surface area contributed by atoms with Gasteiger partial charge in [-0.15, -0.1) is 0 Å². The van der Waals surface area contributed by atoms with Gasteiger partial charge >= 0.3 is 0 Å². The van der Waals surface area contributed by atoms with E-state index in [0.29, 0.717) is 6.42 Å². The smallest absolute Gasteiger partial charge is 0.191 e. The highest BCUT2D eigenvalue weighted by Crippen LogP contribution is 2.27. The van der Waals surface area contributed by atoms with Crippen LogP contribution < -0.4 is 4.74 Å².